The molecule has 0 saturated carbocycles. The second-order valence-corrected chi connectivity index (χ2v) is 5.64. The van der Waals surface area contributed by atoms with E-state index in [1.54, 1.807) is 6.20 Å². The van der Waals surface area contributed by atoms with E-state index in [0.717, 1.165) is 34.1 Å². The van der Waals surface area contributed by atoms with Gasteiger partial charge in [-0.05, 0) is 44.3 Å². The number of halogens is 3. The minimum Gasteiger partial charge on any atom is -0.368 e. The quantitative estimate of drug-likeness (QED) is 0.790. The molecule has 0 fully saturated rings. The molecule has 1 aromatic rings. The van der Waals surface area contributed by atoms with Gasteiger partial charge in [0.25, 0.3) is 0 Å². The topological polar surface area (TPSA) is 24.9 Å². The predicted molar refractivity (Wildman–Crippen MR) is 72.7 cm³/mol. The Hall–Kier alpha value is 0.200. The molecule has 0 radical (unpaired) electrons. The number of nitrogens with one attached hydrogen (secondary N) is 1. The molecule has 2 nitrogen and oxygen atoms in total. The summed E-state index contributed by atoms with van der Waals surface area (Å²) in [6.07, 6.45) is 3.88. The van der Waals surface area contributed by atoms with E-state index in [1.165, 1.54) is 0 Å². The molecule has 1 aromatic heterocycles. The lowest BCUT2D eigenvalue weighted by Gasteiger charge is -2.11. The van der Waals surface area contributed by atoms with Gasteiger partial charge in [0.1, 0.15) is 5.82 Å². The van der Waals surface area contributed by atoms with Crippen molar-refractivity contribution in [3.05, 3.63) is 21.2 Å². The van der Waals surface area contributed by atoms with Gasteiger partial charge in [-0.25, -0.2) is 4.98 Å². The van der Waals surface area contributed by atoms with E-state index >= 15 is 0 Å². The molecule has 0 spiro atoms. The van der Waals surface area contributed by atoms with Crippen LogP contribution in [0.1, 0.15) is 19.8 Å². The monoisotopic (exact) mass is 354 g/mol. The van der Waals surface area contributed by atoms with Crippen molar-refractivity contribution in [1.82, 2.24) is 4.98 Å². The minimum absolute atomic E-state index is 0.160. The highest BCUT2D eigenvalue weighted by Gasteiger charge is 2.05. The summed E-state index contributed by atoms with van der Waals surface area (Å²) in [6, 6.07) is 1.96. The summed E-state index contributed by atoms with van der Waals surface area (Å²) in [6.45, 7) is 2.87. The molecular weight excluding hydrogens is 343 g/mol. The summed E-state index contributed by atoms with van der Waals surface area (Å²) >= 11 is 12.9. The standard InChI is InChI=1S/C10H13Br2ClN2/c1-2-3-8(13)6-15-10-9(12)4-7(11)5-14-10/h4-5,8H,2-3,6H2,1H3,(H,14,15). The van der Waals surface area contributed by atoms with Gasteiger partial charge in [-0.2, -0.15) is 0 Å². The van der Waals surface area contributed by atoms with Crippen molar-refractivity contribution in [3.63, 3.8) is 0 Å². The van der Waals surface area contributed by atoms with Crippen LogP contribution in [0.25, 0.3) is 0 Å². The van der Waals surface area contributed by atoms with Crippen LogP contribution in [0.4, 0.5) is 5.82 Å². The molecule has 0 bridgehead atoms. The zero-order valence-corrected chi connectivity index (χ0v) is 12.4. The molecule has 15 heavy (non-hydrogen) atoms. The number of rotatable bonds is 5. The van der Waals surface area contributed by atoms with Crippen LogP contribution in [-0.4, -0.2) is 16.9 Å². The smallest absolute Gasteiger partial charge is 0.140 e. The lowest BCUT2D eigenvalue weighted by atomic mass is 10.2. The summed E-state index contributed by atoms with van der Waals surface area (Å²) in [4.78, 5) is 4.25. The van der Waals surface area contributed by atoms with E-state index in [-0.39, 0.29) is 5.38 Å². The maximum absolute atomic E-state index is 6.10. The molecule has 0 saturated heterocycles. The lowest BCUT2D eigenvalue weighted by molar-refractivity contribution is 0.750. The second-order valence-electron chi connectivity index (χ2n) is 3.25. The Morgan fingerprint density at radius 2 is 2.27 bits per heavy atom. The molecular formula is C10H13Br2ClN2. The van der Waals surface area contributed by atoms with Crippen LogP contribution in [0.2, 0.25) is 0 Å². The molecule has 1 heterocycles. The van der Waals surface area contributed by atoms with E-state index in [0.29, 0.717) is 0 Å². The fourth-order valence-electron chi connectivity index (χ4n) is 1.17. The van der Waals surface area contributed by atoms with E-state index in [9.17, 15) is 0 Å². The predicted octanol–water partition coefficient (Wildman–Crippen LogP) is 4.43. The Morgan fingerprint density at radius 1 is 1.53 bits per heavy atom. The van der Waals surface area contributed by atoms with Gasteiger partial charge in [0, 0.05) is 17.2 Å². The van der Waals surface area contributed by atoms with Gasteiger partial charge in [0.05, 0.1) is 9.85 Å². The fourth-order valence-corrected chi connectivity index (χ4v) is 2.59. The number of nitrogens with zero attached hydrogens (tertiary/aromatic N) is 1. The van der Waals surface area contributed by atoms with Crippen molar-refractivity contribution in [3.8, 4) is 0 Å². The van der Waals surface area contributed by atoms with Crippen molar-refractivity contribution in [2.75, 3.05) is 11.9 Å². The molecule has 1 unspecified atom stereocenters. The zero-order chi connectivity index (χ0) is 11.3. The third-order valence-electron chi connectivity index (χ3n) is 1.90. The third kappa shape index (κ3) is 4.70. The molecule has 0 aliphatic rings. The summed E-state index contributed by atoms with van der Waals surface area (Å²) in [5.41, 5.74) is 0. The number of anilines is 1. The first-order valence-electron chi connectivity index (χ1n) is 4.82. The first-order valence-corrected chi connectivity index (χ1v) is 6.84. The van der Waals surface area contributed by atoms with Crippen molar-refractivity contribution >= 4 is 49.3 Å². The van der Waals surface area contributed by atoms with Gasteiger partial charge in [-0.15, -0.1) is 11.6 Å². The molecule has 0 amide bonds. The van der Waals surface area contributed by atoms with Crippen LogP contribution in [0.5, 0.6) is 0 Å². The van der Waals surface area contributed by atoms with E-state index in [2.05, 4.69) is 49.1 Å². The van der Waals surface area contributed by atoms with Crippen molar-refractivity contribution in [2.24, 2.45) is 0 Å². The number of pyridine rings is 1. The summed E-state index contributed by atoms with van der Waals surface area (Å²) in [5.74, 6) is 0.833. The molecule has 5 heteroatoms. The van der Waals surface area contributed by atoms with Gasteiger partial charge < -0.3 is 5.32 Å². The first-order chi connectivity index (χ1) is 7.13. The van der Waals surface area contributed by atoms with Gasteiger partial charge >= 0.3 is 0 Å². The number of hydrogen-bond donors (Lipinski definition) is 1. The third-order valence-corrected chi connectivity index (χ3v) is 3.31. The zero-order valence-electron chi connectivity index (χ0n) is 8.43. The average Bonchev–Trinajstić information content (AvgIpc) is 2.17. The van der Waals surface area contributed by atoms with Gasteiger partial charge in [0.15, 0.2) is 0 Å². The van der Waals surface area contributed by atoms with Crippen molar-refractivity contribution < 1.29 is 0 Å². The number of alkyl halides is 1. The molecule has 1 atom stereocenters. The maximum atomic E-state index is 6.10. The number of hydrogen-bond acceptors (Lipinski definition) is 2. The van der Waals surface area contributed by atoms with E-state index < -0.39 is 0 Å². The Balaban J connectivity index is 2.50. The SMILES string of the molecule is CCCC(Cl)CNc1ncc(Br)cc1Br. The van der Waals surface area contributed by atoms with E-state index in [4.69, 9.17) is 11.6 Å². The highest BCUT2D eigenvalue weighted by atomic mass is 79.9. The van der Waals surface area contributed by atoms with Crippen LogP contribution in [0.3, 0.4) is 0 Å². The van der Waals surface area contributed by atoms with Gasteiger partial charge in [0.2, 0.25) is 0 Å². The second kappa shape index (κ2) is 6.71. The fraction of sp³-hybridized carbons (Fsp3) is 0.500. The molecule has 0 aliphatic heterocycles. The van der Waals surface area contributed by atoms with Crippen LogP contribution in [0.15, 0.2) is 21.2 Å². The largest absolute Gasteiger partial charge is 0.368 e. The van der Waals surface area contributed by atoms with E-state index in [1.807, 2.05) is 6.07 Å². The van der Waals surface area contributed by atoms with Gasteiger partial charge in [-0.3, -0.25) is 0 Å². The molecule has 0 aliphatic carbocycles. The Kier molecular flexibility index (Phi) is 5.94. The Bertz CT molecular complexity index is 320. The minimum atomic E-state index is 0.160. The van der Waals surface area contributed by atoms with Crippen LogP contribution in [-0.2, 0) is 0 Å². The molecule has 0 aromatic carbocycles. The molecule has 84 valence electrons. The van der Waals surface area contributed by atoms with Gasteiger partial charge in [-0.1, -0.05) is 13.3 Å². The normalized spacial score (nSPS) is 12.5. The Labute approximate surface area is 112 Å². The average molecular weight is 356 g/mol. The highest BCUT2D eigenvalue weighted by molar-refractivity contribution is 9.11. The lowest BCUT2D eigenvalue weighted by Crippen LogP contribution is -2.14. The van der Waals surface area contributed by atoms with Crippen molar-refractivity contribution in [2.45, 2.75) is 25.1 Å². The van der Waals surface area contributed by atoms with Crippen LogP contribution in [0, 0.1) is 0 Å². The Morgan fingerprint density at radius 3 is 2.87 bits per heavy atom. The maximum Gasteiger partial charge on any atom is 0.140 e. The molecule has 1 rings (SSSR count). The summed E-state index contributed by atoms with van der Waals surface area (Å²) < 4.78 is 1.90. The summed E-state index contributed by atoms with van der Waals surface area (Å²) in [7, 11) is 0. The first kappa shape index (κ1) is 13.3. The number of aromatic nitrogens is 1. The van der Waals surface area contributed by atoms with Crippen LogP contribution < -0.4 is 5.32 Å². The summed E-state index contributed by atoms with van der Waals surface area (Å²) in [5, 5.41) is 3.37. The molecule has 1 N–H and O–H groups in total. The highest BCUT2D eigenvalue weighted by Crippen LogP contribution is 2.23. The van der Waals surface area contributed by atoms with Crippen molar-refractivity contribution in [1.29, 1.82) is 0 Å². The van der Waals surface area contributed by atoms with Crippen LogP contribution >= 0.6 is 43.5 Å².